The van der Waals surface area contributed by atoms with Crippen molar-refractivity contribution in [3.05, 3.63) is 30.1 Å². The van der Waals surface area contributed by atoms with Crippen LogP contribution in [0.15, 0.2) is 24.5 Å². The van der Waals surface area contributed by atoms with Crippen molar-refractivity contribution in [3.8, 4) is 0 Å². The van der Waals surface area contributed by atoms with Gasteiger partial charge in [0.1, 0.15) is 0 Å². The van der Waals surface area contributed by atoms with Crippen LogP contribution in [0.3, 0.4) is 0 Å². The number of nitrogens with two attached hydrogens (primary N) is 2. The van der Waals surface area contributed by atoms with E-state index >= 15 is 0 Å². The Kier molecular flexibility index (Phi) is 3.33. The van der Waals surface area contributed by atoms with Crippen molar-refractivity contribution < 1.29 is 4.79 Å². The van der Waals surface area contributed by atoms with Crippen LogP contribution < -0.4 is 11.5 Å². The van der Waals surface area contributed by atoms with E-state index in [9.17, 15) is 4.79 Å². The van der Waals surface area contributed by atoms with E-state index in [-0.39, 0.29) is 0 Å². The molecule has 1 rings (SSSR count). The minimum absolute atomic E-state index is 0.403. The number of hydrogen-bond acceptors (Lipinski definition) is 3. The van der Waals surface area contributed by atoms with Gasteiger partial charge in [0.15, 0.2) is 0 Å². The predicted octanol–water partition coefficient (Wildman–Crippen LogP) is 0.853. The maximum atomic E-state index is 11.3. The second kappa shape index (κ2) is 4.22. The van der Waals surface area contributed by atoms with Crippen LogP contribution in [-0.2, 0) is 11.2 Å². The molecule has 0 radical (unpaired) electrons. The highest BCUT2D eigenvalue weighted by molar-refractivity contribution is 5.84. The van der Waals surface area contributed by atoms with Gasteiger partial charge in [-0.3, -0.25) is 9.78 Å². The normalized spacial score (nSPS) is 15.5. The molecule has 1 unspecified atom stereocenters. The monoisotopic (exact) mass is 221 g/mol. The van der Waals surface area contributed by atoms with E-state index in [1.807, 2.05) is 26.0 Å². The Morgan fingerprint density at radius 3 is 2.25 bits per heavy atom. The number of nitrogens with zero attached hydrogens (tertiary/aromatic N) is 1. The van der Waals surface area contributed by atoms with Crippen LogP contribution in [0.2, 0.25) is 0 Å². The number of pyridine rings is 1. The van der Waals surface area contributed by atoms with Gasteiger partial charge in [-0.1, -0.05) is 13.8 Å². The minimum Gasteiger partial charge on any atom is -0.368 e. The van der Waals surface area contributed by atoms with Gasteiger partial charge in [0.05, 0.1) is 5.54 Å². The summed E-state index contributed by atoms with van der Waals surface area (Å²) in [6.45, 7) is 5.56. The molecule has 4 nitrogen and oxygen atoms in total. The summed E-state index contributed by atoms with van der Waals surface area (Å²) in [4.78, 5) is 15.3. The fourth-order valence-corrected chi connectivity index (χ4v) is 1.53. The lowest BCUT2D eigenvalue weighted by Crippen LogP contribution is -2.60. The van der Waals surface area contributed by atoms with E-state index in [1.54, 1.807) is 19.3 Å². The Morgan fingerprint density at radius 2 is 1.81 bits per heavy atom. The van der Waals surface area contributed by atoms with Gasteiger partial charge in [-0.2, -0.15) is 0 Å². The largest absolute Gasteiger partial charge is 0.368 e. The number of amides is 1. The van der Waals surface area contributed by atoms with E-state index in [0.717, 1.165) is 5.56 Å². The second-order valence-corrected chi connectivity index (χ2v) is 4.98. The van der Waals surface area contributed by atoms with Crippen molar-refractivity contribution in [2.45, 2.75) is 32.7 Å². The van der Waals surface area contributed by atoms with E-state index < -0.39 is 16.9 Å². The van der Waals surface area contributed by atoms with Crippen LogP contribution in [0.4, 0.5) is 0 Å². The predicted molar refractivity (Wildman–Crippen MR) is 63.5 cm³/mol. The first-order chi connectivity index (χ1) is 7.27. The summed E-state index contributed by atoms with van der Waals surface area (Å²) < 4.78 is 0. The third-order valence-corrected chi connectivity index (χ3v) is 3.31. The van der Waals surface area contributed by atoms with Crippen LogP contribution in [-0.4, -0.2) is 16.4 Å². The third-order valence-electron chi connectivity index (χ3n) is 3.31. The number of aromatic nitrogens is 1. The van der Waals surface area contributed by atoms with Crippen LogP contribution >= 0.6 is 0 Å². The van der Waals surface area contributed by atoms with Crippen molar-refractivity contribution in [1.82, 2.24) is 4.98 Å². The van der Waals surface area contributed by atoms with Gasteiger partial charge < -0.3 is 11.5 Å². The minimum atomic E-state index is -1.03. The van der Waals surface area contributed by atoms with Crippen molar-refractivity contribution >= 4 is 5.91 Å². The van der Waals surface area contributed by atoms with E-state index in [1.165, 1.54) is 0 Å². The highest BCUT2D eigenvalue weighted by Crippen LogP contribution is 2.32. The fourth-order valence-electron chi connectivity index (χ4n) is 1.53. The molecular formula is C12H19N3O. The molecule has 1 heterocycles. The summed E-state index contributed by atoms with van der Waals surface area (Å²) in [7, 11) is 0. The summed E-state index contributed by atoms with van der Waals surface area (Å²) in [5, 5.41) is 0. The molecule has 0 aliphatic rings. The SMILES string of the molecule is CC(C)(Cc1ccncc1)C(C)(N)C(N)=O. The van der Waals surface area contributed by atoms with Gasteiger partial charge in [0.2, 0.25) is 5.91 Å². The van der Waals surface area contributed by atoms with Gasteiger partial charge >= 0.3 is 0 Å². The molecule has 0 saturated heterocycles. The zero-order valence-electron chi connectivity index (χ0n) is 10.0. The first-order valence-electron chi connectivity index (χ1n) is 5.25. The number of carbonyl (C=O) groups excluding carboxylic acids is 1. The van der Waals surface area contributed by atoms with Crippen LogP contribution in [0.5, 0.6) is 0 Å². The highest BCUT2D eigenvalue weighted by Gasteiger charge is 2.42. The maximum Gasteiger partial charge on any atom is 0.237 e. The molecule has 0 spiro atoms. The molecule has 0 saturated carbocycles. The highest BCUT2D eigenvalue weighted by atomic mass is 16.1. The molecule has 1 amide bonds. The average molecular weight is 221 g/mol. The zero-order chi connectivity index (χ0) is 12.4. The van der Waals surface area contributed by atoms with Gasteiger partial charge in [-0.05, 0) is 36.5 Å². The molecule has 16 heavy (non-hydrogen) atoms. The summed E-state index contributed by atoms with van der Waals surface area (Å²) in [5.74, 6) is -0.480. The molecule has 0 aliphatic heterocycles. The third kappa shape index (κ3) is 2.39. The van der Waals surface area contributed by atoms with Crippen molar-refractivity contribution in [2.75, 3.05) is 0 Å². The van der Waals surface area contributed by atoms with Crippen molar-refractivity contribution in [3.63, 3.8) is 0 Å². The number of carbonyl (C=O) groups is 1. The van der Waals surface area contributed by atoms with Crippen LogP contribution in [0.25, 0.3) is 0 Å². The van der Waals surface area contributed by atoms with Crippen molar-refractivity contribution in [1.29, 1.82) is 0 Å². The molecule has 0 aliphatic carbocycles. The summed E-state index contributed by atoms with van der Waals surface area (Å²) >= 11 is 0. The molecule has 1 atom stereocenters. The molecule has 1 aromatic heterocycles. The Bertz CT molecular complexity index is 371. The molecule has 1 aromatic rings. The lowest BCUT2D eigenvalue weighted by molar-refractivity contribution is -0.126. The van der Waals surface area contributed by atoms with Crippen molar-refractivity contribution in [2.24, 2.45) is 16.9 Å². The lowest BCUT2D eigenvalue weighted by Gasteiger charge is -2.38. The lowest BCUT2D eigenvalue weighted by atomic mass is 9.70. The Balaban J connectivity index is 2.92. The standard InChI is InChI=1S/C12H19N3O/c1-11(2,12(3,14)10(13)16)8-9-4-6-15-7-5-9/h4-7H,8,14H2,1-3H3,(H2,13,16). The summed E-state index contributed by atoms with van der Waals surface area (Å²) in [5.41, 5.74) is 11.0. The van der Waals surface area contributed by atoms with Gasteiger partial charge in [0.25, 0.3) is 0 Å². The number of primary amides is 1. The quantitative estimate of drug-likeness (QED) is 0.790. The zero-order valence-corrected chi connectivity index (χ0v) is 10.0. The van der Waals surface area contributed by atoms with E-state index in [4.69, 9.17) is 11.5 Å². The van der Waals surface area contributed by atoms with Crippen LogP contribution in [0.1, 0.15) is 26.3 Å². The molecule has 0 aromatic carbocycles. The molecule has 4 heteroatoms. The molecule has 0 fully saturated rings. The first-order valence-corrected chi connectivity index (χ1v) is 5.25. The molecule has 0 bridgehead atoms. The molecule has 88 valence electrons. The summed E-state index contributed by atoms with van der Waals surface area (Å²) in [6.07, 6.45) is 4.14. The molecule has 4 N–H and O–H groups in total. The van der Waals surface area contributed by atoms with E-state index in [0.29, 0.717) is 6.42 Å². The average Bonchev–Trinajstić information content (AvgIpc) is 2.18. The summed E-state index contributed by atoms with van der Waals surface area (Å²) in [6, 6.07) is 3.83. The Labute approximate surface area is 96.0 Å². The maximum absolute atomic E-state index is 11.3. The second-order valence-electron chi connectivity index (χ2n) is 4.98. The number of rotatable bonds is 4. The molecular weight excluding hydrogens is 202 g/mol. The smallest absolute Gasteiger partial charge is 0.237 e. The first kappa shape index (κ1) is 12.6. The fraction of sp³-hybridized carbons (Fsp3) is 0.500. The van der Waals surface area contributed by atoms with Crippen LogP contribution in [0, 0.1) is 5.41 Å². The van der Waals surface area contributed by atoms with Gasteiger partial charge in [-0.25, -0.2) is 0 Å². The van der Waals surface area contributed by atoms with Gasteiger partial charge in [0, 0.05) is 12.4 Å². The van der Waals surface area contributed by atoms with Gasteiger partial charge in [-0.15, -0.1) is 0 Å². The van der Waals surface area contributed by atoms with E-state index in [2.05, 4.69) is 4.98 Å². The number of hydrogen-bond donors (Lipinski definition) is 2. The topological polar surface area (TPSA) is 82.0 Å². The Hall–Kier alpha value is -1.42. The Morgan fingerprint density at radius 1 is 1.31 bits per heavy atom.